The Morgan fingerprint density at radius 3 is 2.80 bits per heavy atom. The number of aliphatic carboxylic acids is 1. The normalized spacial score (nSPS) is 27.9. The van der Waals surface area contributed by atoms with Crippen LogP contribution in [0.3, 0.4) is 0 Å². The molecule has 2 atom stereocenters. The van der Waals surface area contributed by atoms with Gasteiger partial charge in [0.1, 0.15) is 0 Å². The molecular weight excluding hydrogens is 192 g/mol. The standard InChI is InChI=1S/C11H22N2O2/c1-3-4-5-13-7-9(11(14)15)6-10(8-13)12-2/h9-10,12H,3-8H2,1-2H3,(H,14,15). The number of rotatable bonds is 5. The molecule has 0 amide bonds. The van der Waals surface area contributed by atoms with E-state index in [1.165, 1.54) is 6.42 Å². The Morgan fingerprint density at radius 2 is 2.27 bits per heavy atom. The molecule has 1 saturated heterocycles. The number of unbranched alkanes of at least 4 members (excludes halogenated alkanes) is 1. The fraction of sp³-hybridized carbons (Fsp3) is 0.909. The highest BCUT2D eigenvalue weighted by Gasteiger charge is 2.30. The zero-order valence-electron chi connectivity index (χ0n) is 9.70. The van der Waals surface area contributed by atoms with Crippen LogP contribution in [0.4, 0.5) is 0 Å². The van der Waals surface area contributed by atoms with Crippen molar-refractivity contribution in [2.75, 3.05) is 26.7 Å². The van der Waals surface area contributed by atoms with Crippen molar-refractivity contribution >= 4 is 5.97 Å². The van der Waals surface area contributed by atoms with Gasteiger partial charge in [0.15, 0.2) is 0 Å². The number of hydrogen-bond acceptors (Lipinski definition) is 3. The number of nitrogens with zero attached hydrogens (tertiary/aromatic N) is 1. The van der Waals surface area contributed by atoms with Crippen LogP contribution in [-0.2, 0) is 4.79 Å². The Morgan fingerprint density at radius 1 is 1.53 bits per heavy atom. The van der Waals surface area contributed by atoms with Gasteiger partial charge in [0.2, 0.25) is 0 Å². The molecule has 0 aromatic heterocycles. The minimum atomic E-state index is -0.656. The molecule has 0 aromatic carbocycles. The van der Waals surface area contributed by atoms with Crippen molar-refractivity contribution in [1.82, 2.24) is 10.2 Å². The third-order valence-electron chi connectivity index (χ3n) is 3.11. The molecule has 1 heterocycles. The first-order valence-electron chi connectivity index (χ1n) is 5.79. The first-order chi connectivity index (χ1) is 7.17. The number of hydrogen-bond donors (Lipinski definition) is 2. The molecule has 0 saturated carbocycles. The molecule has 0 spiro atoms. The number of piperidine rings is 1. The van der Waals surface area contributed by atoms with Crippen molar-refractivity contribution in [1.29, 1.82) is 0 Å². The summed E-state index contributed by atoms with van der Waals surface area (Å²) in [7, 11) is 1.91. The SMILES string of the molecule is CCCCN1CC(NC)CC(C(=O)O)C1. The van der Waals surface area contributed by atoms with E-state index < -0.39 is 5.97 Å². The molecule has 15 heavy (non-hydrogen) atoms. The van der Waals surface area contributed by atoms with Crippen LogP contribution in [0.5, 0.6) is 0 Å². The number of likely N-dealkylation sites (N-methyl/N-ethyl adjacent to an activating group) is 1. The van der Waals surface area contributed by atoms with Crippen molar-refractivity contribution in [3.63, 3.8) is 0 Å². The van der Waals surface area contributed by atoms with E-state index in [4.69, 9.17) is 5.11 Å². The summed E-state index contributed by atoms with van der Waals surface area (Å²) in [5.74, 6) is -0.857. The minimum Gasteiger partial charge on any atom is -0.481 e. The lowest BCUT2D eigenvalue weighted by atomic mass is 9.94. The lowest BCUT2D eigenvalue weighted by Gasteiger charge is -2.36. The van der Waals surface area contributed by atoms with Gasteiger partial charge in [0.05, 0.1) is 5.92 Å². The van der Waals surface area contributed by atoms with Crippen LogP contribution in [-0.4, -0.2) is 48.7 Å². The van der Waals surface area contributed by atoms with Crippen molar-refractivity contribution in [2.24, 2.45) is 5.92 Å². The van der Waals surface area contributed by atoms with E-state index >= 15 is 0 Å². The Balaban J connectivity index is 2.47. The molecule has 1 aliphatic rings. The minimum absolute atomic E-state index is 0.201. The second-order valence-corrected chi connectivity index (χ2v) is 4.37. The first kappa shape index (κ1) is 12.5. The van der Waals surface area contributed by atoms with E-state index in [9.17, 15) is 4.79 Å². The fourth-order valence-corrected chi connectivity index (χ4v) is 2.14. The zero-order valence-corrected chi connectivity index (χ0v) is 9.70. The molecule has 2 unspecified atom stereocenters. The third-order valence-corrected chi connectivity index (χ3v) is 3.11. The smallest absolute Gasteiger partial charge is 0.307 e. The summed E-state index contributed by atoms with van der Waals surface area (Å²) in [5, 5.41) is 12.2. The quantitative estimate of drug-likeness (QED) is 0.710. The van der Waals surface area contributed by atoms with Gasteiger partial charge in [-0.05, 0) is 26.4 Å². The highest BCUT2D eigenvalue weighted by Crippen LogP contribution is 2.17. The van der Waals surface area contributed by atoms with Crippen LogP contribution in [0.15, 0.2) is 0 Å². The molecule has 0 aliphatic carbocycles. The molecular formula is C11H22N2O2. The van der Waals surface area contributed by atoms with Crippen molar-refractivity contribution < 1.29 is 9.90 Å². The largest absolute Gasteiger partial charge is 0.481 e. The highest BCUT2D eigenvalue weighted by molar-refractivity contribution is 5.70. The number of carboxylic acids is 1. The van der Waals surface area contributed by atoms with Crippen LogP contribution >= 0.6 is 0 Å². The lowest BCUT2D eigenvalue weighted by Crippen LogP contribution is -2.50. The van der Waals surface area contributed by atoms with Gasteiger partial charge in [0.25, 0.3) is 0 Å². The van der Waals surface area contributed by atoms with Crippen molar-refractivity contribution in [2.45, 2.75) is 32.2 Å². The predicted octanol–water partition coefficient (Wildman–Crippen LogP) is 0.781. The van der Waals surface area contributed by atoms with Gasteiger partial charge in [-0.15, -0.1) is 0 Å². The molecule has 1 rings (SSSR count). The molecule has 0 bridgehead atoms. The van der Waals surface area contributed by atoms with Crippen molar-refractivity contribution in [3.8, 4) is 0 Å². The summed E-state index contributed by atoms with van der Waals surface area (Å²) in [5.41, 5.74) is 0. The molecule has 88 valence electrons. The molecule has 0 aromatic rings. The number of carbonyl (C=O) groups is 1. The predicted molar refractivity (Wildman–Crippen MR) is 59.9 cm³/mol. The fourth-order valence-electron chi connectivity index (χ4n) is 2.14. The second kappa shape index (κ2) is 6.08. The lowest BCUT2D eigenvalue weighted by molar-refractivity contribution is -0.144. The Kier molecular flexibility index (Phi) is 5.05. The summed E-state index contributed by atoms with van der Waals surface area (Å²) in [6.07, 6.45) is 3.08. The summed E-state index contributed by atoms with van der Waals surface area (Å²) >= 11 is 0. The molecule has 1 aliphatic heterocycles. The Labute approximate surface area is 91.6 Å². The maximum Gasteiger partial charge on any atom is 0.307 e. The topological polar surface area (TPSA) is 52.6 Å². The summed E-state index contributed by atoms with van der Waals surface area (Å²) in [6.45, 7) is 4.89. The van der Waals surface area contributed by atoms with E-state index in [2.05, 4.69) is 17.1 Å². The van der Waals surface area contributed by atoms with Crippen molar-refractivity contribution in [3.05, 3.63) is 0 Å². The van der Waals surface area contributed by atoms with E-state index in [1.807, 2.05) is 7.05 Å². The van der Waals surface area contributed by atoms with Gasteiger partial charge < -0.3 is 15.3 Å². The van der Waals surface area contributed by atoms with Crippen LogP contribution in [0.2, 0.25) is 0 Å². The van der Waals surface area contributed by atoms with Crippen LogP contribution < -0.4 is 5.32 Å². The van der Waals surface area contributed by atoms with Gasteiger partial charge in [-0.25, -0.2) is 0 Å². The first-order valence-corrected chi connectivity index (χ1v) is 5.79. The molecule has 0 radical (unpaired) electrons. The van der Waals surface area contributed by atoms with Crippen LogP contribution in [0, 0.1) is 5.92 Å². The second-order valence-electron chi connectivity index (χ2n) is 4.37. The molecule has 4 heteroatoms. The van der Waals surface area contributed by atoms with E-state index in [0.29, 0.717) is 12.6 Å². The zero-order chi connectivity index (χ0) is 11.3. The number of likely N-dealkylation sites (tertiary alicyclic amines) is 1. The maximum atomic E-state index is 11.0. The van der Waals surface area contributed by atoms with E-state index in [1.54, 1.807) is 0 Å². The van der Waals surface area contributed by atoms with E-state index in [0.717, 1.165) is 25.9 Å². The van der Waals surface area contributed by atoms with Gasteiger partial charge in [-0.1, -0.05) is 13.3 Å². The summed E-state index contributed by atoms with van der Waals surface area (Å²) in [6, 6.07) is 0.330. The average molecular weight is 214 g/mol. The Hall–Kier alpha value is -0.610. The van der Waals surface area contributed by atoms with Gasteiger partial charge in [-0.3, -0.25) is 4.79 Å². The Bertz CT molecular complexity index is 209. The molecule has 4 nitrogen and oxygen atoms in total. The molecule has 1 fully saturated rings. The van der Waals surface area contributed by atoms with Gasteiger partial charge in [0, 0.05) is 19.1 Å². The van der Waals surface area contributed by atoms with Gasteiger partial charge in [-0.2, -0.15) is 0 Å². The molecule has 2 N–H and O–H groups in total. The average Bonchev–Trinajstić information content (AvgIpc) is 2.25. The maximum absolute atomic E-state index is 11.0. The monoisotopic (exact) mass is 214 g/mol. The highest BCUT2D eigenvalue weighted by atomic mass is 16.4. The number of nitrogens with one attached hydrogen (secondary N) is 1. The number of carboxylic acid groups (broad SMARTS) is 1. The van der Waals surface area contributed by atoms with E-state index in [-0.39, 0.29) is 5.92 Å². The van der Waals surface area contributed by atoms with Crippen LogP contribution in [0.1, 0.15) is 26.2 Å². The van der Waals surface area contributed by atoms with Crippen LogP contribution in [0.25, 0.3) is 0 Å². The summed E-state index contributed by atoms with van der Waals surface area (Å²) in [4.78, 5) is 13.3. The third kappa shape index (κ3) is 3.80. The van der Waals surface area contributed by atoms with Gasteiger partial charge >= 0.3 is 5.97 Å². The summed E-state index contributed by atoms with van der Waals surface area (Å²) < 4.78 is 0.